The van der Waals surface area contributed by atoms with Gasteiger partial charge in [0, 0.05) is 27.7 Å². The molecule has 0 saturated carbocycles. The normalized spacial score (nSPS) is 11.4. The molecule has 3 aromatic rings. The molecule has 0 amide bonds. The maximum absolute atomic E-state index is 5.93. The minimum Gasteiger partial charge on any atom is -0.294 e. The third-order valence-electron chi connectivity index (χ3n) is 2.65. The number of aromatic nitrogens is 2. The summed E-state index contributed by atoms with van der Waals surface area (Å²) in [7, 11) is 0. The Kier molecular flexibility index (Phi) is 2.31. The predicted molar refractivity (Wildman–Crippen MR) is 70.9 cm³/mol. The summed E-state index contributed by atoms with van der Waals surface area (Å²) >= 11 is 9.19. The summed E-state index contributed by atoms with van der Waals surface area (Å²) in [5, 5.41) is 2.04. The number of imidazole rings is 1. The minimum atomic E-state index is 0.805. The van der Waals surface area contributed by atoms with Gasteiger partial charge in [0.05, 0.1) is 10.0 Å². The molecule has 3 rings (SSSR count). The molecule has 5 heteroatoms. The quantitative estimate of drug-likeness (QED) is 0.640. The standard InChI is InChI=1S/C11H9ClN2S2/c1-6-7(2)16-11-13-9(4-14(6)11)8-3-10(12)15-5-8/h3-5H,1-2H3. The summed E-state index contributed by atoms with van der Waals surface area (Å²) in [6.07, 6.45) is 2.08. The molecule has 0 atom stereocenters. The molecule has 0 aliphatic rings. The van der Waals surface area contributed by atoms with Gasteiger partial charge in [0.25, 0.3) is 0 Å². The second-order valence-corrected chi connectivity index (χ2v) is 6.39. The third-order valence-corrected chi connectivity index (χ3v) is 4.82. The van der Waals surface area contributed by atoms with Crippen molar-refractivity contribution in [3.63, 3.8) is 0 Å². The molecule has 0 bridgehead atoms. The average molecular weight is 269 g/mol. The van der Waals surface area contributed by atoms with Gasteiger partial charge < -0.3 is 0 Å². The molecule has 0 aliphatic carbocycles. The van der Waals surface area contributed by atoms with Crippen LogP contribution in [0.25, 0.3) is 16.2 Å². The van der Waals surface area contributed by atoms with Gasteiger partial charge in [-0.15, -0.1) is 22.7 Å². The Balaban J connectivity index is 2.19. The fourth-order valence-electron chi connectivity index (χ4n) is 1.64. The highest BCUT2D eigenvalue weighted by atomic mass is 35.5. The van der Waals surface area contributed by atoms with Crippen LogP contribution in [0.15, 0.2) is 17.6 Å². The largest absolute Gasteiger partial charge is 0.294 e. The van der Waals surface area contributed by atoms with Crippen molar-refractivity contribution >= 4 is 39.2 Å². The average Bonchev–Trinajstić information content (AvgIpc) is 2.87. The van der Waals surface area contributed by atoms with Gasteiger partial charge in [0.1, 0.15) is 0 Å². The van der Waals surface area contributed by atoms with Gasteiger partial charge in [-0.3, -0.25) is 4.40 Å². The van der Waals surface area contributed by atoms with Crippen LogP contribution < -0.4 is 0 Å². The summed E-state index contributed by atoms with van der Waals surface area (Å²) in [4.78, 5) is 6.97. The van der Waals surface area contributed by atoms with E-state index in [2.05, 4.69) is 29.4 Å². The van der Waals surface area contributed by atoms with Crippen molar-refractivity contribution in [3.8, 4) is 11.3 Å². The van der Waals surface area contributed by atoms with Crippen molar-refractivity contribution in [1.82, 2.24) is 9.38 Å². The van der Waals surface area contributed by atoms with E-state index in [0.717, 1.165) is 20.6 Å². The zero-order valence-electron chi connectivity index (χ0n) is 8.82. The summed E-state index contributed by atoms with van der Waals surface area (Å²) < 4.78 is 2.94. The molecule has 0 aromatic carbocycles. The van der Waals surface area contributed by atoms with Crippen LogP contribution >= 0.6 is 34.3 Å². The Morgan fingerprint density at radius 2 is 2.19 bits per heavy atom. The fraction of sp³-hybridized carbons (Fsp3) is 0.182. The number of halogens is 1. The topological polar surface area (TPSA) is 17.3 Å². The molecule has 82 valence electrons. The lowest BCUT2D eigenvalue weighted by molar-refractivity contribution is 1.11. The van der Waals surface area contributed by atoms with E-state index in [-0.39, 0.29) is 0 Å². The van der Waals surface area contributed by atoms with Gasteiger partial charge in [-0.1, -0.05) is 11.6 Å². The number of thiophene rings is 1. The molecule has 0 N–H and O–H groups in total. The van der Waals surface area contributed by atoms with Crippen LogP contribution in [0.4, 0.5) is 0 Å². The number of rotatable bonds is 1. The number of fused-ring (bicyclic) bond motifs is 1. The Morgan fingerprint density at radius 1 is 1.38 bits per heavy atom. The first-order chi connectivity index (χ1) is 7.65. The number of hydrogen-bond acceptors (Lipinski definition) is 3. The maximum Gasteiger partial charge on any atom is 0.194 e. The molecule has 0 spiro atoms. The number of nitrogens with zero attached hydrogens (tertiary/aromatic N) is 2. The van der Waals surface area contributed by atoms with Gasteiger partial charge in [-0.05, 0) is 19.9 Å². The fourth-order valence-corrected chi connectivity index (χ4v) is 3.47. The Morgan fingerprint density at radius 3 is 2.81 bits per heavy atom. The second kappa shape index (κ2) is 3.58. The Bertz CT molecular complexity index is 663. The monoisotopic (exact) mass is 268 g/mol. The first-order valence-corrected chi connectivity index (χ1v) is 6.92. The first-order valence-electron chi connectivity index (χ1n) is 4.84. The van der Waals surface area contributed by atoms with Crippen LogP contribution in [0.2, 0.25) is 4.34 Å². The molecule has 0 fully saturated rings. The van der Waals surface area contributed by atoms with Crippen molar-refractivity contribution in [3.05, 3.63) is 32.6 Å². The van der Waals surface area contributed by atoms with Crippen LogP contribution in [-0.4, -0.2) is 9.38 Å². The van der Waals surface area contributed by atoms with Gasteiger partial charge in [-0.2, -0.15) is 0 Å². The van der Waals surface area contributed by atoms with Crippen molar-refractivity contribution in [1.29, 1.82) is 0 Å². The van der Waals surface area contributed by atoms with E-state index in [1.165, 1.54) is 21.9 Å². The molecule has 3 heterocycles. The highest BCUT2D eigenvalue weighted by Gasteiger charge is 2.10. The van der Waals surface area contributed by atoms with Crippen LogP contribution in [0.5, 0.6) is 0 Å². The summed E-state index contributed by atoms with van der Waals surface area (Å²) in [6.45, 7) is 4.24. The zero-order valence-corrected chi connectivity index (χ0v) is 11.2. The third kappa shape index (κ3) is 1.49. The first kappa shape index (κ1) is 10.3. The lowest BCUT2D eigenvalue weighted by Gasteiger charge is -1.90. The van der Waals surface area contributed by atoms with E-state index < -0.39 is 0 Å². The SMILES string of the molecule is Cc1sc2nc(-c3csc(Cl)c3)cn2c1C. The molecule has 3 aromatic heterocycles. The molecule has 0 unspecified atom stereocenters. The lowest BCUT2D eigenvalue weighted by atomic mass is 10.3. The van der Waals surface area contributed by atoms with E-state index >= 15 is 0 Å². The Labute approximate surface area is 106 Å². The van der Waals surface area contributed by atoms with E-state index in [0.29, 0.717) is 0 Å². The molecule has 0 aliphatic heterocycles. The van der Waals surface area contributed by atoms with Gasteiger partial charge in [0.2, 0.25) is 0 Å². The predicted octanol–water partition coefficient (Wildman–Crippen LogP) is 4.39. The molecule has 0 radical (unpaired) electrons. The van der Waals surface area contributed by atoms with Crippen molar-refractivity contribution in [2.24, 2.45) is 0 Å². The minimum absolute atomic E-state index is 0.805. The summed E-state index contributed by atoms with van der Waals surface area (Å²) in [5.74, 6) is 0. The van der Waals surface area contributed by atoms with Crippen LogP contribution in [0.1, 0.15) is 10.6 Å². The van der Waals surface area contributed by atoms with Gasteiger partial charge in [-0.25, -0.2) is 4.98 Å². The van der Waals surface area contributed by atoms with E-state index in [1.54, 1.807) is 11.3 Å². The number of thiazole rings is 1. The van der Waals surface area contributed by atoms with Crippen LogP contribution in [-0.2, 0) is 0 Å². The number of hydrogen-bond donors (Lipinski definition) is 0. The van der Waals surface area contributed by atoms with Crippen LogP contribution in [0.3, 0.4) is 0 Å². The molecular formula is C11H9ClN2S2. The van der Waals surface area contributed by atoms with Crippen molar-refractivity contribution < 1.29 is 0 Å². The molecule has 16 heavy (non-hydrogen) atoms. The Hall–Kier alpha value is -0.840. The second-order valence-electron chi connectivity index (χ2n) is 3.66. The highest BCUT2D eigenvalue weighted by molar-refractivity contribution is 7.17. The van der Waals surface area contributed by atoms with Crippen molar-refractivity contribution in [2.75, 3.05) is 0 Å². The maximum atomic E-state index is 5.93. The zero-order chi connectivity index (χ0) is 11.3. The van der Waals surface area contributed by atoms with E-state index in [4.69, 9.17) is 11.6 Å². The summed E-state index contributed by atoms with van der Waals surface area (Å²) in [5.41, 5.74) is 3.36. The smallest absolute Gasteiger partial charge is 0.194 e. The van der Waals surface area contributed by atoms with Crippen LogP contribution in [0, 0.1) is 13.8 Å². The lowest BCUT2D eigenvalue weighted by Crippen LogP contribution is -1.81. The van der Waals surface area contributed by atoms with Gasteiger partial charge >= 0.3 is 0 Å². The van der Waals surface area contributed by atoms with E-state index in [1.807, 2.05) is 11.4 Å². The molecule has 2 nitrogen and oxygen atoms in total. The highest BCUT2D eigenvalue weighted by Crippen LogP contribution is 2.30. The van der Waals surface area contributed by atoms with Crippen molar-refractivity contribution in [2.45, 2.75) is 13.8 Å². The van der Waals surface area contributed by atoms with E-state index in [9.17, 15) is 0 Å². The molecular weight excluding hydrogens is 260 g/mol. The summed E-state index contributed by atoms with van der Waals surface area (Å²) in [6, 6.07) is 1.96. The number of aryl methyl sites for hydroxylation is 2. The molecule has 0 saturated heterocycles. The van der Waals surface area contributed by atoms with Gasteiger partial charge in [0.15, 0.2) is 4.96 Å².